The molecule has 1 amide bonds. The van der Waals surface area contributed by atoms with Crippen molar-refractivity contribution in [2.45, 2.75) is 26.4 Å². The first kappa shape index (κ1) is 20.0. The molecular formula is C24H27N3O3. The normalized spacial score (nSPS) is 14.8. The number of rotatable bonds is 3. The molecule has 156 valence electrons. The summed E-state index contributed by atoms with van der Waals surface area (Å²) in [5.41, 5.74) is 2.17. The van der Waals surface area contributed by atoms with Crippen LogP contribution in [0.15, 0.2) is 54.6 Å². The van der Waals surface area contributed by atoms with Gasteiger partial charge in [0, 0.05) is 37.3 Å². The Morgan fingerprint density at radius 2 is 1.57 bits per heavy atom. The summed E-state index contributed by atoms with van der Waals surface area (Å²) in [5, 5.41) is 0.931. The summed E-state index contributed by atoms with van der Waals surface area (Å²) in [4.78, 5) is 28.5. The van der Waals surface area contributed by atoms with Crippen LogP contribution in [-0.4, -0.2) is 53.6 Å². The third kappa shape index (κ3) is 3.77. The van der Waals surface area contributed by atoms with Gasteiger partial charge in [-0.05, 0) is 39.0 Å². The molecule has 0 aliphatic carbocycles. The molecule has 1 fully saturated rings. The first-order valence-corrected chi connectivity index (χ1v) is 10.3. The van der Waals surface area contributed by atoms with Crippen LogP contribution in [0.2, 0.25) is 0 Å². The minimum absolute atomic E-state index is 0.290. The van der Waals surface area contributed by atoms with Crippen molar-refractivity contribution >= 4 is 29.1 Å². The summed E-state index contributed by atoms with van der Waals surface area (Å²) in [6.45, 7) is 7.96. The monoisotopic (exact) mass is 405 g/mol. The predicted molar refractivity (Wildman–Crippen MR) is 119 cm³/mol. The minimum Gasteiger partial charge on any atom is -0.444 e. The molecule has 6 heteroatoms. The van der Waals surface area contributed by atoms with Crippen LogP contribution in [0, 0.1) is 0 Å². The van der Waals surface area contributed by atoms with Crippen molar-refractivity contribution in [1.29, 1.82) is 0 Å². The first-order valence-electron chi connectivity index (χ1n) is 10.3. The van der Waals surface area contributed by atoms with Crippen molar-refractivity contribution in [3.63, 3.8) is 0 Å². The number of fused-ring (bicyclic) bond motifs is 1. The fourth-order valence-corrected chi connectivity index (χ4v) is 3.95. The van der Waals surface area contributed by atoms with E-state index in [1.807, 2.05) is 75.4 Å². The molecule has 1 saturated heterocycles. The summed E-state index contributed by atoms with van der Waals surface area (Å²) in [6, 6.07) is 18.0. The van der Waals surface area contributed by atoms with Gasteiger partial charge < -0.3 is 14.5 Å². The zero-order valence-electron chi connectivity index (χ0n) is 17.7. The number of nitrogens with zero attached hydrogens (tertiary/aromatic N) is 3. The van der Waals surface area contributed by atoms with Crippen LogP contribution in [-0.2, 0) is 4.74 Å². The topological polar surface area (TPSA) is 54.8 Å². The quantitative estimate of drug-likeness (QED) is 0.602. The van der Waals surface area contributed by atoms with Crippen LogP contribution in [0.25, 0.3) is 16.6 Å². The maximum absolute atomic E-state index is 12.4. The summed E-state index contributed by atoms with van der Waals surface area (Å²) >= 11 is 0. The fourth-order valence-electron chi connectivity index (χ4n) is 3.95. The number of hydrogen-bond acceptors (Lipinski definition) is 4. The molecule has 3 aromatic rings. The minimum atomic E-state index is -0.515. The molecule has 2 heterocycles. The maximum Gasteiger partial charge on any atom is 0.410 e. The van der Waals surface area contributed by atoms with E-state index in [0.29, 0.717) is 31.7 Å². The Labute approximate surface area is 176 Å². The van der Waals surface area contributed by atoms with Crippen molar-refractivity contribution in [2.24, 2.45) is 0 Å². The average Bonchev–Trinajstić information content (AvgIpc) is 3.07. The molecule has 0 bridgehead atoms. The molecule has 1 aliphatic heterocycles. The number of anilines is 1. The van der Waals surface area contributed by atoms with Gasteiger partial charge in [0.15, 0.2) is 6.29 Å². The Morgan fingerprint density at radius 1 is 0.933 bits per heavy atom. The highest BCUT2D eigenvalue weighted by Crippen LogP contribution is 2.35. The summed E-state index contributed by atoms with van der Waals surface area (Å²) in [5.74, 6) is 0.876. The molecule has 0 radical (unpaired) electrons. The lowest BCUT2D eigenvalue weighted by Gasteiger charge is -2.37. The van der Waals surface area contributed by atoms with E-state index in [1.54, 1.807) is 4.90 Å². The largest absolute Gasteiger partial charge is 0.444 e. The van der Waals surface area contributed by atoms with Crippen LogP contribution in [0.1, 0.15) is 31.1 Å². The van der Waals surface area contributed by atoms with Crippen molar-refractivity contribution < 1.29 is 14.3 Å². The third-order valence-corrected chi connectivity index (χ3v) is 5.25. The molecule has 1 aliphatic rings. The third-order valence-electron chi connectivity index (χ3n) is 5.25. The molecule has 6 nitrogen and oxygen atoms in total. The molecule has 0 saturated carbocycles. The van der Waals surface area contributed by atoms with E-state index < -0.39 is 5.60 Å². The van der Waals surface area contributed by atoms with Gasteiger partial charge in [0.2, 0.25) is 0 Å². The fraction of sp³-hybridized carbons (Fsp3) is 0.333. The van der Waals surface area contributed by atoms with Gasteiger partial charge >= 0.3 is 6.09 Å². The number of carbonyl (C=O) groups excluding carboxylic acids is 2. The molecule has 4 rings (SSSR count). The van der Waals surface area contributed by atoms with Crippen LogP contribution < -0.4 is 4.90 Å². The average molecular weight is 405 g/mol. The number of piperazine rings is 1. The Morgan fingerprint density at radius 3 is 2.20 bits per heavy atom. The van der Waals surface area contributed by atoms with Gasteiger partial charge in [0.1, 0.15) is 11.4 Å². The van der Waals surface area contributed by atoms with E-state index in [9.17, 15) is 9.59 Å². The number of para-hydroxylation sites is 2. The van der Waals surface area contributed by atoms with Gasteiger partial charge in [0.25, 0.3) is 0 Å². The van der Waals surface area contributed by atoms with Gasteiger partial charge in [-0.2, -0.15) is 0 Å². The van der Waals surface area contributed by atoms with Crippen molar-refractivity contribution in [2.75, 3.05) is 31.1 Å². The predicted octanol–water partition coefficient (Wildman–Crippen LogP) is 4.50. The first-order chi connectivity index (χ1) is 14.4. The highest BCUT2D eigenvalue weighted by Gasteiger charge is 2.29. The smallest absolute Gasteiger partial charge is 0.410 e. The number of aromatic nitrogens is 1. The van der Waals surface area contributed by atoms with Gasteiger partial charge in [0.05, 0.1) is 11.1 Å². The van der Waals surface area contributed by atoms with Gasteiger partial charge in [-0.1, -0.05) is 36.4 Å². The molecular weight excluding hydrogens is 378 g/mol. The number of hydrogen-bond donors (Lipinski definition) is 0. The van der Waals surface area contributed by atoms with Crippen LogP contribution >= 0.6 is 0 Å². The number of aldehydes is 1. The zero-order chi connectivity index (χ0) is 21.3. The molecule has 0 N–H and O–H groups in total. The molecule has 2 aromatic carbocycles. The number of benzene rings is 2. The van der Waals surface area contributed by atoms with Crippen LogP contribution in [0.4, 0.5) is 10.6 Å². The van der Waals surface area contributed by atoms with Crippen molar-refractivity contribution in [3.05, 3.63) is 60.2 Å². The molecule has 1 aromatic heterocycles. The van der Waals surface area contributed by atoms with E-state index >= 15 is 0 Å². The Hall–Kier alpha value is -3.28. The van der Waals surface area contributed by atoms with E-state index in [1.165, 1.54) is 0 Å². The van der Waals surface area contributed by atoms with Gasteiger partial charge in [-0.25, -0.2) is 4.79 Å². The Kier molecular flexibility index (Phi) is 5.24. The SMILES string of the molecule is CC(C)(C)OC(=O)N1CCN(c2c(C=O)c3ccccc3n2-c2ccccc2)CC1. The van der Waals surface area contributed by atoms with E-state index in [2.05, 4.69) is 9.47 Å². The lowest BCUT2D eigenvalue weighted by atomic mass is 10.1. The second-order valence-corrected chi connectivity index (χ2v) is 8.50. The second-order valence-electron chi connectivity index (χ2n) is 8.50. The molecule has 0 spiro atoms. The molecule has 30 heavy (non-hydrogen) atoms. The lowest BCUT2D eigenvalue weighted by Crippen LogP contribution is -2.50. The van der Waals surface area contributed by atoms with E-state index in [0.717, 1.165) is 28.7 Å². The molecule has 0 atom stereocenters. The Bertz CT molecular complexity index is 1060. The summed E-state index contributed by atoms with van der Waals surface area (Å²) in [7, 11) is 0. The van der Waals surface area contributed by atoms with Crippen LogP contribution in [0.5, 0.6) is 0 Å². The van der Waals surface area contributed by atoms with E-state index in [4.69, 9.17) is 4.74 Å². The molecule has 0 unspecified atom stereocenters. The van der Waals surface area contributed by atoms with Gasteiger partial charge in [-0.15, -0.1) is 0 Å². The zero-order valence-corrected chi connectivity index (χ0v) is 17.7. The lowest BCUT2D eigenvalue weighted by molar-refractivity contribution is 0.0240. The number of ether oxygens (including phenoxy) is 1. The van der Waals surface area contributed by atoms with Crippen LogP contribution in [0.3, 0.4) is 0 Å². The highest BCUT2D eigenvalue weighted by molar-refractivity contribution is 6.05. The standard InChI is InChI=1S/C24H27N3O3/c1-24(2,3)30-23(29)26-15-13-25(14-16-26)22-20(17-28)19-11-7-8-12-21(19)27(22)18-9-5-4-6-10-18/h4-12,17H,13-16H2,1-3H3. The second kappa shape index (κ2) is 7.86. The maximum atomic E-state index is 12.4. The van der Waals surface area contributed by atoms with Crippen molar-refractivity contribution in [1.82, 2.24) is 9.47 Å². The number of carbonyl (C=O) groups is 2. The summed E-state index contributed by atoms with van der Waals surface area (Å²) < 4.78 is 7.65. The number of amides is 1. The van der Waals surface area contributed by atoms with Crippen molar-refractivity contribution in [3.8, 4) is 5.69 Å². The van der Waals surface area contributed by atoms with E-state index in [-0.39, 0.29) is 6.09 Å². The highest BCUT2D eigenvalue weighted by atomic mass is 16.6. The van der Waals surface area contributed by atoms with Gasteiger partial charge in [-0.3, -0.25) is 9.36 Å². The summed E-state index contributed by atoms with van der Waals surface area (Å²) in [6.07, 6.45) is 0.651. The Balaban J connectivity index is 1.70.